The predicted molar refractivity (Wildman–Crippen MR) is 66.3 cm³/mol. The molecule has 92 valence electrons. The van der Waals surface area contributed by atoms with Gasteiger partial charge in [0.2, 0.25) is 5.91 Å². The maximum atomic E-state index is 13.0. The average molecular weight is 245 g/mol. The van der Waals surface area contributed by atoms with Crippen LogP contribution in [-0.2, 0) is 4.79 Å². The Bertz CT molecular complexity index is 554. The van der Waals surface area contributed by atoms with Crippen molar-refractivity contribution in [2.75, 3.05) is 5.32 Å². The molecule has 0 spiro atoms. The molecule has 5 heteroatoms. The van der Waals surface area contributed by atoms with Crippen molar-refractivity contribution in [2.45, 2.75) is 13.3 Å². The minimum Gasteiger partial charge on any atom is -0.311 e. The summed E-state index contributed by atoms with van der Waals surface area (Å²) in [6.45, 7) is 1.77. The second kappa shape index (κ2) is 5.35. The number of carbonyl (C=O) groups excluding carboxylic acids is 1. The fourth-order valence-electron chi connectivity index (χ4n) is 1.44. The summed E-state index contributed by atoms with van der Waals surface area (Å²) in [4.78, 5) is 19.0. The maximum absolute atomic E-state index is 13.0. The molecule has 4 nitrogen and oxygen atoms in total. The SMILES string of the molecule is CCC(=O)Nc1ccc(-c2cncc(F)c2)cn1. The number of hydrogen-bond donors (Lipinski definition) is 1. The van der Waals surface area contributed by atoms with E-state index in [1.54, 1.807) is 31.5 Å². The van der Waals surface area contributed by atoms with Crippen LogP contribution in [0.2, 0.25) is 0 Å². The summed E-state index contributed by atoms with van der Waals surface area (Å²) in [5.41, 5.74) is 1.40. The van der Waals surface area contributed by atoms with Crippen molar-refractivity contribution in [3.63, 3.8) is 0 Å². The number of nitrogens with zero attached hydrogens (tertiary/aromatic N) is 2. The van der Waals surface area contributed by atoms with E-state index in [1.165, 1.54) is 6.07 Å². The average Bonchev–Trinajstić information content (AvgIpc) is 2.39. The normalized spacial score (nSPS) is 10.1. The molecule has 0 fully saturated rings. The lowest BCUT2D eigenvalue weighted by Crippen LogP contribution is -2.10. The fraction of sp³-hybridized carbons (Fsp3) is 0.154. The molecule has 2 rings (SSSR count). The van der Waals surface area contributed by atoms with Crippen molar-refractivity contribution >= 4 is 11.7 Å². The van der Waals surface area contributed by atoms with Crippen LogP contribution in [0.4, 0.5) is 10.2 Å². The molecule has 0 atom stereocenters. The molecule has 0 saturated heterocycles. The van der Waals surface area contributed by atoms with Crippen LogP contribution >= 0.6 is 0 Å². The van der Waals surface area contributed by atoms with Crippen molar-refractivity contribution in [2.24, 2.45) is 0 Å². The number of aromatic nitrogens is 2. The number of rotatable bonds is 3. The van der Waals surface area contributed by atoms with Gasteiger partial charge in [-0.15, -0.1) is 0 Å². The van der Waals surface area contributed by atoms with Gasteiger partial charge in [0.25, 0.3) is 0 Å². The molecule has 2 aromatic rings. The zero-order chi connectivity index (χ0) is 13.0. The topological polar surface area (TPSA) is 54.9 Å². The minimum atomic E-state index is -0.393. The maximum Gasteiger partial charge on any atom is 0.225 e. The predicted octanol–water partition coefficient (Wildman–Crippen LogP) is 2.63. The standard InChI is InChI=1S/C13H12FN3O/c1-2-13(18)17-12-4-3-9(7-16-12)10-5-11(14)8-15-6-10/h3-8H,2H2,1H3,(H,16,17,18). The number of pyridine rings is 2. The highest BCUT2D eigenvalue weighted by Crippen LogP contribution is 2.19. The number of carbonyl (C=O) groups is 1. The Morgan fingerprint density at radius 2 is 2.11 bits per heavy atom. The van der Waals surface area contributed by atoms with Gasteiger partial charge in [0.15, 0.2) is 0 Å². The molecule has 0 aromatic carbocycles. The number of nitrogens with one attached hydrogen (secondary N) is 1. The van der Waals surface area contributed by atoms with Crippen molar-refractivity contribution in [1.82, 2.24) is 9.97 Å². The summed E-state index contributed by atoms with van der Waals surface area (Å²) >= 11 is 0. The van der Waals surface area contributed by atoms with Gasteiger partial charge in [-0.3, -0.25) is 9.78 Å². The van der Waals surface area contributed by atoms with Gasteiger partial charge in [-0.05, 0) is 18.2 Å². The molecule has 2 aromatic heterocycles. The molecule has 0 aliphatic carbocycles. The Balaban J connectivity index is 2.19. The van der Waals surface area contributed by atoms with Gasteiger partial charge in [-0.1, -0.05) is 6.92 Å². The van der Waals surface area contributed by atoms with Crippen LogP contribution in [0.3, 0.4) is 0 Å². The van der Waals surface area contributed by atoms with E-state index < -0.39 is 5.82 Å². The highest BCUT2D eigenvalue weighted by atomic mass is 19.1. The van der Waals surface area contributed by atoms with Crippen LogP contribution < -0.4 is 5.32 Å². The lowest BCUT2D eigenvalue weighted by atomic mass is 10.1. The fourth-order valence-corrected chi connectivity index (χ4v) is 1.44. The molecule has 1 amide bonds. The van der Waals surface area contributed by atoms with Crippen molar-refractivity contribution < 1.29 is 9.18 Å². The van der Waals surface area contributed by atoms with E-state index in [1.807, 2.05) is 0 Å². The van der Waals surface area contributed by atoms with E-state index in [2.05, 4.69) is 15.3 Å². The van der Waals surface area contributed by atoms with Crippen LogP contribution in [0.25, 0.3) is 11.1 Å². The van der Waals surface area contributed by atoms with E-state index in [-0.39, 0.29) is 5.91 Å². The molecule has 0 saturated carbocycles. The molecular formula is C13H12FN3O. The molecule has 0 unspecified atom stereocenters. The van der Waals surface area contributed by atoms with Gasteiger partial charge in [0, 0.05) is 29.9 Å². The van der Waals surface area contributed by atoms with E-state index in [0.717, 1.165) is 11.8 Å². The zero-order valence-electron chi connectivity index (χ0n) is 9.85. The number of anilines is 1. The van der Waals surface area contributed by atoms with Gasteiger partial charge in [-0.25, -0.2) is 9.37 Å². The smallest absolute Gasteiger partial charge is 0.225 e. The van der Waals surface area contributed by atoms with E-state index >= 15 is 0 Å². The molecule has 0 radical (unpaired) electrons. The van der Waals surface area contributed by atoms with E-state index in [0.29, 0.717) is 17.8 Å². The molecule has 0 bridgehead atoms. The monoisotopic (exact) mass is 245 g/mol. The first kappa shape index (κ1) is 12.2. The van der Waals surface area contributed by atoms with Crippen LogP contribution in [-0.4, -0.2) is 15.9 Å². The molecular weight excluding hydrogens is 233 g/mol. The molecule has 2 heterocycles. The Kier molecular flexibility index (Phi) is 3.62. The number of hydrogen-bond acceptors (Lipinski definition) is 3. The molecule has 18 heavy (non-hydrogen) atoms. The third-order valence-electron chi connectivity index (χ3n) is 2.39. The first-order chi connectivity index (χ1) is 8.69. The van der Waals surface area contributed by atoms with Gasteiger partial charge in [0.05, 0.1) is 6.20 Å². The Hall–Kier alpha value is -2.30. The summed E-state index contributed by atoms with van der Waals surface area (Å²) < 4.78 is 13.0. The van der Waals surface area contributed by atoms with Gasteiger partial charge >= 0.3 is 0 Å². The van der Waals surface area contributed by atoms with Gasteiger partial charge in [-0.2, -0.15) is 0 Å². The summed E-state index contributed by atoms with van der Waals surface area (Å²) in [5.74, 6) is -0.00602. The van der Waals surface area contributed by atoms with Crippen molar-refractivity contribution in [3.05, 3.63) is 42.6 Å². The van der Waals surface area contributed by atoms with Gasteiger partial charge in [0.1, 0.15) is 11.6 Å². The molecule has 0 aliphatic rings. The second-order valence-corrected chi connectivity index (χ2v) is 3.73. The summed E-state index contributed by atoms with van der Waals surface area (Å²) in [5, 5.41) is 2.64. The molecule has 1 N–H and O–H groups in total. The van der Waals surface area contributed by atoms with Crippen LogP contribution in [0, 0.1) is 5.82 Å². The van der Waals surface area contributed by atoms with Gasteiger partial charge < -0.3 is 5.32 Å². The van der Waals surface area contributed by atoms with E-state index in [9.17, 15) is 9.18 Å². The van der Waals surface area contributed by atoms with Crippen LogP contribution in [0.15, 0.2) is 36.8 Å². The largest absolute Gasteiger partial charge is 0.311 e. The van der Waals surface area contributed by atoms with Crippen molar-refractivity contribution in [1.29, 1.82) is 0 Å². The lowest BCUT2D eigenvalue weighted by molar-refractivity contribution is -0.115. The number of halogens is 1. The Labute approximate surface area is 104 Å². The first-order valence-electron chi connectivity index (χ1n) is 5.56. The van der Waals surface area contributed by atoms with Crippen molar-refractivity contribution in [3.8, 4) is 11.1 Å². The zero-order valence-corrected chi connectivity index (χ0v) is 9.85. The number of amides is 1. The third kappa shape index (κ3) is 2.88. The minimum absolute atomic E-state index is 0.0947. The quantitative estimate of drug-likeness (QED) is 0.904. The Morgan fingerprint density at radius 3 is 2.72 bits per heavy atom. The highest BCUT2D eigenvalue weighted by molar-refractivity contribution is 5.89. The summed E-state index contributed by atoms with van der Waals surface area (Å²) in [7, 11) is 0. The van der Waals surface area contributed by atoms with Crippen LogP contribution in [0.5, 0.6) is 0 Å². The molecule has 0 aliphatic heterocycles. The third-order valence-corrected chi connectivity index (χ3v) is 2.39. The summed E-state index contributed by atoms with van der Waals surface area (Å²) in [6.07, 6.45) is 4.68. The highest BCUT2D eigenvalue weighted by Gasteiger charge is 2.03. The van der Waals surface area contributed by atoms with Crippen LogP contribution in [0.1, 0.15) is 13.3 Å². The first-order valence-corrected chi connectivity index (χ1v) is 5.56. The van der Waals surface area contributed by atoms with E-state index in [4.69, 9.17) is 0 Å². The summed E-state index contributed by atoms with van der Waals surface area (Å²) in [6, 6.07) is 4.82. The second-order valence-electron chi connectivity index (χ2n) is 3.73. The lowest BCUT2D eigenvalue weighted by Gasteiger charge is -2.04. The Morgan fingerprint density at radius 1 is 1.28 bits per heavy atom.